The van der Waals surface area contributed by atoms with Gasteiger partial charge in [0, 0.05) is 24.9 Å². The smallest absolute Gasteiger partial charge is 0.323 e. The first kappa shape index (κ1) is 18.2. The van der Waals surface area contributed by atoms with E-state index in [4.69, 9.17) is 11.5 Å². The van der Waals surface area contributed by atoms with Gasteiger partial charge in [0.15, 0.2) is 0 Å². The second kappa shape index (κ2) is 9.96. The highest BCUT2D eigenvalue weighted by Gasteiger charge is 2.14. The first-order valence-electron chi connectivity index (χ1n) is 6.90. The number of methoxy groups -OCH3 is 1. The molecule has 2 aromatic rings. The number of urea groups is 1. The number of nitrogens with two attached hydrogens (primary N) is 2. The molecule has 23 heavy (non-hydrogen) atoms. The van der Waals surface area contributed by atoms with E-state index in [1.54, 1.807) is 12.5 Å². The minimum absolute atomic E-state index is 0.412. The summed E-state index contributed by atoms with van der Waals surface area (Å²) in [6.45, 7) is 0.496. The minimum atomic E-state index is -0.615. The lowest BCUT2D eigenvalue weighted by molar-refractivity contribution is -0.142. The molecular formula is C15H21N5O3. The maximum atomic E-state index is 10.9. The Labute approximate surface area is 134 Å². The van der Waals surface area contributed by atoms with Crippen molar-refractivity contribution in [3.05, 3.63) is 54.1 Å². The molecule has 8 nitrogen and oxygen atoms in total. The monoisotopic (exact) mass is 319 g/mol. The van der Waals surface area contributed by atoms with Crippen molar-refractivity contribution in [1.82, 2.24) is 15.3 Å². The van der Waals surface area contributed by atoms with Gasteiger partial charge in [-0.05, 0) is 5.56 Å². The van der Waals surface area contributed by atoms with E-state index in [1.165, 1.54) is 7.11 Å². The van der Waals surface area contributed by atoms with Crippen molar-refractivity contribution in [3.63, 3.8) is 0 Å². The van der Waals surface area contributed by atoms with E-state index in [1.807, 2.05) is 30.3 Å². The zero-order valence-electron chi connectivity index (χ0n) is 12.9. The Hall–Kier alpha value is -2.87. The van der Waals surface area contributed by atoms with E-state index >= 15 is 0 Å². The van der Waals surface area contributed by atoms with Crippen LogP contribution in [0.3, 0.4) is 0 Å². The fraction of sp³-hybridized carbons (Fsp3) is 0.267. The molecule has 1 atom stereocenters. The Morgan fingerprint density at radius 2 is 2.04 bits per heavy atom. The maximum Gasteiger partial charge on any atom is 0.323 e. The van der Waals surface area contributed by atoms with Gasteiger partial charge in [-0.25, -0.2) is 9.78 Å². The van der Waals surface area contributed by atoms with E-state index in [-0.39, 0.29) is 0 Å². The van der Waals surface area contributed by atoms with Crippen LogP contribution in [0.1, 0.15) is 11.3 Å². The zero-order valence-corrected chi connectivity index (χ0v) is 12.9. The Bertz CT molecular complexity index is 586. The number of primary amides is 1. The molecule has 6 N–H and O–H groups in total. The number of hydrogen-bond donors (Lipinski definition) is 4. The van der Waals surface area contributed by atoms with Crippen LogP contribution in [-0.4, -0.2) is 35.1 Å². The van der Waals surface area contributed by atoms with Crippen LogP contribution in [0.2, 0.25) is 0 Å². The summed E-state index contributed by atoms with van der Waals surface area (Å²) in [5.74, 6) is -0.412. The van der Waals surface area contributed by atoms with Crippen LogP contribution in [0.5, 0.6) is 0 Å². The predicted molar refractivity (Wildman–Crippen MR) is 85.1 cm³/mol. The molecule has 0 aliphatic heterocycles. The lowest BCUT2D eigenvalue weighted by atomic mass is 10.2. The Morgan fingerprint density at radius 1 is 1.35 bits per heavy atom. The maximum absolute atomic E-state index is 10.9. The highest BCUT2D eigenvalue weighted by Crippen LogP contribution is 1.97. The van der Waals surface area contributed by atoms with Crippen LogP contribution in [0.25, 0.3) is 0 Å². The SMILES string of the molecule is COC(=O)C(N)Cc1cnc[nH]1.NC(=O)NCc1ccccc1. The number of esters is 1. The second-order valence-corrected chi connectivity index (χ2v) is 4.61. The van der Waals surface area contributed by atoms with E-state index in [0.717, 1.165) is 11.3 Å². The van der Waals surface area contributed by atoms with Crippen molar-refractivity contribution in [2.24, 2.45) is 11.5 Å². The Kier molecular flexibility index (Phi) is 7.87. The summed E-state index contributed by atoms with van der Waals surface area (Å²) in [5.41, 5.74) is 12.3. The molecule has 0 saturated heterocycles. The topological polar surface area (TPSA) is 136 Å². The molecule has 1 unspecified atom stereocenters. The quantitative estimate of drug-likeness (QED) is 0.588. The number of hydrogen-bond acceptors (Lipinski definition) is 5. The molecule has 0 aliphatic rings. The minimum Gasteiger partial charge on any atom is -0.468 e. The highest BCUT2D eigenvalue weighted by molar-refractivity contribution is 5.75. The molecule has 1 aromatic carbocycles. The molecule has 0 saturated carbocycles. The van der Waals surface area contributed by atoms with Gasteiger partial charge in [-0.1, -0.05) is 30.3 Å². The number of carbonyl (C=O) groups is 2. The standard InChI is InChI=1S/C8H10N2O.C7H11N3O2/c9-8(11)10-6-7-4-2-1-3-5-7;1-12-7(11)6(8)2-5-3-9-4-10-5/h1-5H,6H2,(H3,9,10,11);3-4,6H,2,8H2,1H3,(H,9,10). The molecule has 1 heterocycles. The molecule has 8 heteroatoms. The van der Waals surface area contributed by atoms with Crippen LogP contribution in [0.15, 0.2) is 42.9 Å². The number of nitrogens with one attached hydrogen (secondary N) is 2. The van der Waals surface area contributed by atoms with Gasteiger partial charge in [-0.2, -0.15) is 0 Å². The highest BCUT2D eigenvalue weighted by atomic mass is 16.5. The summed E-state index contributed by atoms with van der Waals surface area (Å²) in [5, 5.41) is 2.50. The van der Waals surface area contributed by atoms with Gasteiger partial charge in [-0.15, -0.1) is 0 Å². The largest absolute Gasteiger partial charge is 0.468 e. The number of nitrogens with zero attached hydrogens (tertiary/aromatic N) is 1. The van der Waals surface area contributed by atoms with Gasteiger partial charge in [0.2, 0.25) is 0 Å². The van der Waals surface area contributed by atoms with Crippen molar-refractivity contribution < 1.29 is 14.3 Å². The molecule has 124 valence electrons. The summed E-state index contributed by atoms with van der Waals surface area (Å²) in [7, 11) is 1.31. The van der Waals surface area contributed by atoms with Gasteiger partial charge < -0.3 is 26.5 Å². The van der Waals surface area contributed by atoms with Crippen LogP contribution in [0.4, 0.5) is 4.79 Å². The number of imidazole rings is 1. The van der Waals surface area contributed by atoms with Crippen molar-refractivity contribution in [3.8, 4) is 0 Å². The average molecular weight is 319 g/mol. The lowest BCUT2D eigenvalue weighted by Crippen LogP contribution is -2.33. The number of rotatable bonds is 5. The van der Waals surface area contributed by atoms with Crippen LogP contribution in [0, 0.1) is 0 Å². The van der Waals surface area contributed by atoms with Crippen molar-refractivity contribution in [1.29, 1.82) is 0 Å². The summed E-state index contributed by atoms with van der Waals surface area (Å²) in [6.07, 6.45) is 3.59. The van der Waals surface area contributed by atoms with E-state index in [0.29, 0.717) is 13.0 Å². The normalized spacial score (nSPS) is 10.9. The number of benzene rings is 1. The molecule has 2 rings (SSSR count). The van der Waals surface area contributed by atoms with E-state index < -0.39 is 18.0 Å². The number of H-pyrrole nitrogens is 1. The van der Waals surface area contributed by atoms with Gasteiger partial charge in [0.05, 0.1) is 13.4 Å². The Balaban J connectivity index is 0.000000231. The fourth-order valence-corrected chi connectivity index (χ4v) is 1.65. The van der Waals surface area contributed by atoms with Crippen LogP contribution >= 0.6 is 0 Å². The third-order valence-electron chi connectivity index (χ3n) is 2.81. The Morgan fingerprint density at radius 3 is 2.57 bits per heavy atom. The molecule has 0 bridgehead atoms. The lowest BCUT2D eigenvalue weighted by Gasteiger charge is -2.06. The number of aromatic nitrogens is 2. The summed E-state index contributed by atoms with van der Waals surface area (Å²) in [4.78, 5) is 27.8. The van der Waals surface area contributed by atoms with Gasteiger partial charge in [0.25, 0.3) is 0 Å². The van der Waals surface area contributed by atoms with Crippen molar-refractivity contribution in [2.45, 2.75) is 19.0 Å². The molecule has 0 spiro atoms. The number of ether oxygens (including phenoxy) is 1. The molecule has 0 fully saturated rings. The number of amides is 2. The van der Waals surface area contributed by atoms with Gasteiger partial charge >= 0.3 is 12.0 Å². The third-order valence-corrected chi connectivity index (χ3v) is 2.81. The van der Waals surface area contributed by atoms with Crippen molar-refractivity contribution in [2.75, 3.05) is 7.11 Å². The molecule has 0 radical (unpaired) electrons. The number of aromatic amines is 1. The first-order chi connectivity index (χ1) is 11.0. The third kappa shape index (κ3) is 7.63. The van der Waals surface area contributed by atoms with Gasteiger partial charge in [-0.3, -0.25) is 4.79 Å². The first-order valence-corrected chi connectivity index (χ1v) is 6.90. The number of carbonyl (C=O) groups excluding carboxylic acids is 2. The fourth-order valence-electron chi connectivity index (χ4n) is 1.65. The van der Waals surface area contributed by atoms with Crippen LogP contribution < -0.4 is 16.8 Å². The average Bonchev–Trinajstić information content (AvgIpc) is 3.06. The van der Waals surface area contributed by atoms with E-state index in [9.17, 15) is 9.59 Å². The van der Waals surface area contributed by atoms with Crippen LogP contribution in [-0.2, 0) is 22.5 Å². The molecular weight excluding hydrogens is 298 g/mol. The zero-order chi connectivity index (χ0) is 17.1. The summed E-state index contributed by atoms with van der Waals surface area (Å²) >= 11 is 0. The predicted octanol–water partition coefficient (Wildman–Crippen LogP) is 0.307. The van der Waals surface area contributed by atoms with E-state index in [2.05, 4.69) is 20.0 Å². The molecule has 0 aliphatic carbocycles. The summed E-state index contributed by atoms with van der Waals surface area (Å²) < 4.78 is 4.46. The second-order valence-electron chi connectivity index (χ2n) is 4.61. The van der Waals surface area contributed by atoms with Gasteiger partial charge in [0.1, 0.15) is 6.04 Å². The molecule has 1 aromatic heterocycles. The summed E-state index contributed by atoms with van der Waals surface area (Å²) in [6, 6.07) is 8.50. The van der Waals surface area contributed by atoms with Crippen molar-refractivity contribution >= 4 is 12.0 Å². The molecule has 2 amide bonds.